The summed E-state index contributed by atoms with van der Waals surface area (Å²) in [5, 5.41) is 0. The Bertz CT molecular complexity index is 693. The van der Waals surface area contributed by atoms with E-state index in [9.17, 15) is 4.79 Å². The number of nitrogens with zero attached hydrogens (tertiary/aromatic N) is 1. The van der Waals surface area contributed by atoms with Crippen LogP contribution in [-0.4, -0.2) is 29.7 Å². The molecular formula is C22H27NO2. The average molecular weight is 337 g/mol. The van der Waals surface area contributed by atoms with Gasteiger partial charge in [0, 0.05) is 13.1 Å². The van der Waals surface area contributed by atoms with Gasteiger partial charge in [-0.15, -0.1) is 0 Å². The molecule has 0 N–H and O–H groups in total. The summed E-state index contributed by atoms with van der Waals surface area (Å²) in [4.78, 5) is 14.0. The van der Waals surface area contributed by atoms with Crippen molar-refractivity contribution in [3.05, 3.63) is 60.2 Å². The van der Waals surface area contributed by atoms with Gasteiger partial charge in [-0.2, -0.15) is 0 Å². The number of hydrogen-bond donors (Lipinski definition) is 0. The van der Waals surface area contributed by atoms with Gasteiger partial charge >= 0.3 is 6.09 Å². The third-order valence-electron chi connectivity index (χ3n) is 4.64. The monoisotopic (exact) mass is 337 g/mol. The summed E-state index contributed by atoms with van der Waals surface area (Å²) in [5.74, 6) is 0.517. The molecule has 2 aromatic rings. The molecule has 25 heavy (non-hydrogen) atoms. The molecule has 0 radical (unpaired) electrons. The van der Waals surface area contributed by atoms with E-state index >= 15 is 0 Å². The number of hydrogen-bond acceptors (Lipinski definition) is 2. The SMILES string of the molecule is CC(C)(C)OC(=O)N1CCC(c2ccc(-c3ccccc3)cc2)CC1. The van der Waals surface area contributed by atoms with E-state index in [0.29, 0.717) is 5.92 Å². The fourth-order valence-corrected chi connectivity index (χ4v) is 3.30. The number of rotatable bonds is 2. The maximum absolute atomic E-state index is 12.2. The van der Waals surface area contributed by atoms with Gasteiger partial charge in [0.2, 0.25) is 0 Å². The summed E-state index contributed by atoms with van der Waals surface area (Å²) in [6, 6.07) is 19.3. The Morgan fingerprint density at radius 1 is 0.920 bits per heavy atom. The second-order valence-electron chi connectivity index (χ2n) is 7.73. The van der Waals surface area contributed by atoms with Crippen molar-refractivity contribution in [2.24, 2.45) is 0 Å². The van der Waals surface area contributed by atoms with Gasteiger partial charge in [0.1, 0.15) is 5.60 Å². The molecule has 0 aromatic heterocycles. The van der Waals surface area contributed by atoms with Crippen LogP contribution in [0.25, 0.3) is 11.1 Å². The minimum atomic E-state index is -0.429. The number of ether oxygens (including phenoxy) is 1. The van der Waals surface area contributed by atoms with E-state index in [2.05, 4.69) is 48.5 Å². The standard InChI is InChI=1S/C22H27NO2/c1-22(2,3)25-21(24)23-15-13-20(14-16-23)19-11-9-18(10-12-19)17-7-5-4-6-8-17/h4-12,20H,13-16H2,1-3H3. The van der Waals surface area contributed by atoms with Gasteiger partial charge in [0.15, 0.2) is 0 Å². The van der Waals surface area contributed by atoms with Gasteiger partial charge in [0.05, 0.1) is 0 Å². The van der Waals surface area contributed by atoms with Crippen molar-refractivity contribution in [1.29, 1.82) is 0 Å². The number of piperidine rings is 1. The minimum Gasteiger partial charge on any atom is -0.444 e. The smallest absolute Gasteiger partial charge is 0.410 e. The van der Waals surface area contributed by atoms with Gasteiger partial charge in [-0.1, -0.05) is 54.6 Å². The van der Waals surface area contributed by atoms with Crippen molar-refractivity contribution in [1.82, 2.24) is 4.90 Å². The van der Waals surface area contributed by atoms with Crippen molar-refractivity contribution in [3.8, 4) is 11.1 Å². The Labute approximate surface area is 150 Å². The first-order valence-corrected chi connectivity index (χ1v) is 9.06. The highest BCUT2D eigenvalue weighted by Gasteiger charge is 2.27. The summed E-state index contributed by atoms with van der Waals surface area (Å²) in [6.07, 6.45) is 1.79. The lowest BCUT2D eigenvalue weighted by molar-refractivity contribution is 0.0205. The van der Waals surface area contributed by atoms with E-state index in [1.54, 1.807) is 0 Å². The van der Waals surface area contributed by atoms with Gasteiger partial charge < -0.3 is 9.64 Å². The molecule has 2 aromatic carbocycles. The zero-order valence-corrected chi connectivity index (χ0v) is 15.4. The Kier molecular flexibility index (Phi) is 5.12. The van der Waals surface area contributed by atoms with E-state index in [1.807, 2.05) is 31.7 Å². The lowest BCUT2D eigenvalue weighted by Gasteiger charge is -2.33. The van der Waals surface area contributed by atoms with E-state index < -0.39 is 5.60 Å². The topological polar surface area (TPSA) is 29.5 Å². The first-order valence-electron chi connectivity index (χ1n) is 9.06. The molecule has 0 saturated carbocycles. The number of amides is 1. The molecule has 1 heterocycles. The number of carbonyl (C=O) groups is 1. The van der Waals surface area contributed by atoms with Crippen LogP contribution in [0.15, 0.2) is 54.6 Å². The highest BCUT2D eigenvalue weighted by molar-refractivity contribution is 5.68. The number of carbonyl (C=O) groups excluding carboxylic acids is 1. The summed E-state index contributed by atoms with van der Waals surface area (Å²) < 4.78 is 5.47. The predicted molar refractivity (Wildman–Crippen MR) is 102 cm³/mol. The summed E-state index contributed by atoms with van der Waals surface area (Å²) in [6.45, 7) is 7.25. The molecule has 1 aliphatic rings. The lowest BCUT2D eigenvalue weighted by atomic mass is 9.88. The maximum atomic E-state index is 12.2. The van der Waals surface area contributed by atoms with E-state index in [1.165, 1.54) is 16.7 Å². The number of benzene rings is 2. The zero-order chi connectivity index (χ0) is 17.9. The highest BCUT2D eigenvalue weighted by Crippen LogP contribution is 2.30. The Balaban J connectivity index is 1.59. The third kappa shape index (κ3) is 4.62. The molecule has 3 heteroatoms. The normalized spacial score (nSPS) is 15.9. The van der Waals surface area contributed by atoms with Crippen LogP contribution in [0.3, 0.4) is 0 Å². The number of likely N-dealkylation sites (tertiary alicyclic amines) is 1. The molecule has 3 nitrogen and oxygen atoms in total. The van der Waals surface area contributed by atoms with Gasteiger partial charge in [-0.05, 0) is 56.2 Å². The molecule has 0 spiro atoms. The molecule has 0 unspecified atom stereocenters. The summed E-state index contributed by atoms with van der Waals surface area (Å²) in [7, 11) is 0. The second-order valence-corrected chi connectivity index (χ2v) is 7.73. The fourth-order valence-electron chi connectivity index (χ4n) is 3.30. The van der Waals surface area contributed by atoms with Crippen LogP contribution < -0.4 is 0 Å². The Morgan fingerprint density at radius 3 is 2.04 bits per heavy atom. The molecule has 0 bridgehead atoms. The average Bonchev–Trinajstić information content (AvgIpc) is 2.61. The van der Waals surface area contributed by atoms with E-state index in [-0.39, 0.29) is 6.09 Å². The highest BCUT2D eigenvalue weighted by atomic mass is 16.6. The first-order chi connectivity index (χ1) is 11.9. The molecule has 1 amide bonds. The van der Waals surface area contributed by atoms with Crippen molar-refractivity contribution in [2.45, 2.75) is 45.1 Å². The van der Waals surface area contributed by atoms with Crippen LogP contribution in [0, 0.1) is 0 Å². The van der Waals surface area contributed by atoms with Crippen molar-refractivity contribution in [2.75, 3.05) is 13.1 Å². The van der Waals surface area contributed by atoms with Crippen LogP contribution in [-0.2, 0) is 4.74 Å². The summed E-state index contributed by atoms with van der Waals surface area (Å²) in [5.41, 5.74) is 3.43. The predicted octanol–water partition coefficient (Wildman–Crippen LogP) is 5.47. The molecule has 0 aliphatic carbocycles. The van der Waals surface area contributed by atoms with Crippen molar-refractivity contribution >= 4 is 6.09 Å². The van der Waals surface area contributed by atoms with Crippen LogP contribution in [0.1, 0.15) is 45.1 Å². The van der Waals surface area contributed by atoms with E-state index in [4.69, 9.17) is 4.74 Å². The molecule has 0 atom stereocenters. The van der Waals surface area contributed by atoms with Crippen LogP contribution >= 0.6 is 0 Å². The van der Waals surface area contributed by atoms with Crippen molar-refractivity contribution < 1.29 is 9.53 Å². The van der Waals surface area contributed by atoms with Crippen LogP contribution in [0.4, 0.5) is 4.79 Å². The molecule has 1 saturated heterocycles. The van der Waals surface area contributed by atoms with Crippen LogP contribution in [0.5, 0.6) is 0 Å². The first kappa shape index (κ1) is 17.5. The van der Waals surface area contributed by atoms with Crippen molar-refractivity contribution in [3.63, 3.8) is 0 Å². The lowest BCUT2D eigenvalue weighted by Crippen LogP contribution is -2.41. The van der Waals surface area contributed by atoms with Gasteiger partial charge in [0.25, 0.3) is 0 Å². The van der Waals surface area contributed by atoms with Gasteiger partial charge in [-0.3, -0.25) is 0 Å². The second kappa shape index (κ2) is 7.30. The molecule has 1 fully saturated rings. The molecule has 132 valence electrons. The Morgan fingerprint density at radius 2 is 1.48 bits per heavy atom. The third-order valence-corrected chi connectivity index (χ3v) is 4.64. The molecule has 3 rings (SSSR count). The minimum absolute atomic E-state index is 0.189. The summed E-state index contributed by atoms with van der Waals surface area (Å²) >= 11 is 0. The molecular weight excluding hydrogens is 310 g/mol. The fraction of sp³-hybridized carbons (Fsp3) is 0.409. The Hall–Kier alpha value is -2.29. The van der Waals surface area contributed by atoms with Crippen LogP contribution in [0.2, 0.25) is 0 Å². The maximum Gasteiger partial charge on any atom is 0.410 e. The molecule has 1 aliphatic heterocycles. The zero-order valence-electron chi connectivity index (χ0n) is 15.4. The largest absolute Gasteiger partial charge is 0.444 e. The van der Waals surface area contributed by atoms with E-state index in [0.717, 1.165) is 25.9 Å². The van der Waals surface area contributed by atoms with Gasteiger partial charge in [-0.25, -0.2) is 4.79 Å². The quantitative estimate of drug-likeness (QED) is 0.727.